The highest BCUT2D eigenvalue weighted by molar-refractivity contribution is 7.12. The summed E-state index contributed by atoms with van der Waals surface area (Å²) in [5.74, 6) is 0. The van der Waals surface area contributed by atoms with Gasteiger partial charge in [-0.15, -0.1) is 11.3 Å². The van der Waals surface area contributed by atoms with Gasteiger partial charge in [-0.1, -0.05) is 18.2 Å². The number of hydrogen-bond acceptors (Lipinski definition) is 2. The van der Waals surface area contributed by atoms with Gasteiger partial charge in [0.05, 0.1) is 6.04 Å². The first kappa shape index (κ1) is 12.6. The van der Waals surface area contributed by atoms with E-state index in [2.05, 4.69) is 24.3 Å². The Labute approximate surface area is 124 Å². The molecule has 1 aromatic carbocycles. The van der Waals surface area contributed by atoms with Crippen molar-refractivity contribution in [2.45, 2.75) is 51.0 Å². The first-order valence-electron chi connectivity index (χ1n) is 7.80. The van der Waals surface area contributed by atoms with Gasteiger partial charge in [0, 0.05) is 9.75 Å². The Kier molecular flexibility index (Phi) is 3.16. The molecule has 2 heteroatoms. The lowest BCUT2D eigenvalue weighted by atomic mass is 9.97. The number of hydrogen-bond donors (Lipinski definition) is 1. The third-order valence-electron chi connectivity index (χ3n) is 4.80. The first-order chi connectivity index (χ1) is 9.81. The monoisotopic (exact) mass is 283 g/mol. The van der Waals surface area contributed by atoms with Gasteiger partial charge in [0.15, 0.2) is 0 Å². The van der Waals surface area contributed by atoms with E-state index in [1.165, 1.54) is 66.5 Å². The molecule has 2 N–H and O–H groups in total. The van der Waals surface area contributed by atoms with Crippen LogP contribution in [0.1, 0.15) is 57.3 Å². The van der Waals surface area contributed by atoms with E-state index in [0.29, 0.717) is 0 Å². The lowest BCUT2D eigenvalue weighted by Crippen LogP contribution is -2.10. The van der Waals surface area contributed by atoms with Crippen LogP contribution in [-0.4, -0.2) is 0 Å². The first-order valence-corrected chi connectivity index (χ1v) is 8.62. The zero-order valence-corrected chi connectivity index (χ0v) is 12.6. The highest BCUT2D eigenvalue weighted by Crippen LogP contribution is 2.35. The van der Waals surface area contributed by atoms with Gasteiger partial charge in [-0.2, -0.15) is 0 Å². The average molecular weight is 283 g/mol. The fourth-order valence-corrected chi connectivity index (χ4v) is 4.90. The Balaban J connectivity index is 1.66. The van der Waals surface area contributed by atoms with Crippen LogP contribution in [0.5, 0.6) is 0 Å². The molecular formula is C18H21NS. The molecule has 0 bridgehead atoms. The molecule has 2 aliphatic rings. The summed E-state index contributed by atoms with van der Waals surface area (Å²) >= 11 is 1.95. The Morgan fingerprint density at radius 2 is 1.65 bits per heavy atom. The molecule has 0 saturated carbocycles. The van der Waals surface area contributed by atoms with E-state index in [4.69, 9.17) is 5.73 Å². The number of aryl methyl sites for hydroxylation is 4. The molecule has 4 rings (SSSR count). The summed E-state index contributed by atoms with van der Waals surface area (Å²) < 4.78 is 0. The summed E-state index contributed by atoms with van der Waals surface area (Å²) in [6, 6.07) is 9.33. The smallest absolute Gasteiger partial charge is 0.0646 e. The van der Waals surface area contributed by atoms with Crippen molar-refractivity contribution < 1.29 is 0 Å². The molecule has 104 valence electrons. The van der Waals surface area contributed by atoms with E-state index in [-0.39, 0.29) is 6.04 Å². The van der Waals surface area contributed by atoms with Crippen molar-refractivity contribution in [1.82, 2.24) is 0 Å². The van der Waals surface area contributed by atoms with Crippen LogP contribution >= 0.6 is 11.3 Å². The second kappa shape index (κ2) is 5.01. The molecule has 0 amide bonds. The minimum absolute atomic E-state index is 0.0662. The van der Waals surface area contributed by atoms with Gasteiger partial charge in [-0.05, 0) is 73.3 Å². The molecule has 1 unspecified atom stereocenters. The summed E-state index contributed by atoms with van der Waals surface area (Å²) in [5, 5.41) is 0. The van der Waals surface area contributed by atoms with Gasteiger partial charge >= 0.3 is 0 Å². The number of rotatable bonds is 2. The predicted octanol–water partition coefficient (Wildman–Crippen LogP) is 4.16. The van der Waals surface area contributed by atoms with Gasteiger partial charge < -0.3 is 5.73 Å². The summed E-state index contributed by atoms with van der Waals surface area (Å²) in [6.07, 6.45) is 8.99. The average Bonchev–Trinajstić information content (AvgIpc) is 3.11. The second-order valence-electron chi connectivity index (χ2n) is 6.16. The fraction of sp³-hybridized carbons (Fsp3) is 0.444. The van der Waals surface area contributed by atoms with Crippen LogP contribution in [0.25, 0.3) is 0 Å². The maximum atomic E-state index is 6.53. The molecule has 1 heterocycles. The van der Waals surface area contributed by atoms with E-state index in [1.807, 2.05) is 11.3 Å². The standard InChI is InChI=1S/C18H21NS/c19-18(15-9-8-12-5-3-6-13(12)10-15)17-11-14-4-1-2-7-16(14)20-17/h8-11,18H,1-7,19H2. The Morgan fingerprint density at radius 1 is 0.850 bits per heavy atom. The van der Waals surface area contributed by atoms with Crippen molar-refractivity contribution in [3.8, 4) is 0 Å². The zero-order valence-electron chi connectivity index (χ0n) is 11.8. The lowest BCUT2D eigenvalue weighted by molar-refractivity contribution is 0.696. The topological polar surface area (TPSA) is 26.0 Å². The van der Waals surface area contributed by atoms with E-state index >= 15 is 0 Å². The number of benzene rings is 1. The van der Waals surface area contributed by atoms with Crippen molar-refractivity contribution in [1.29, 1.82) is 0 Å². The summed E-state index contributed by atoms with van der Waals surface area (Å²) in [6.45, 7) is 0. The zero-order chi connectivity index (χ0) is 13.5. The largest absolute Gasteiger partial charge is 0.320 e. The van der Waals surface area contributed by atoms with Crippen LogP contribution in [0.4, 0.5) is 0 Å². The van der Waals surface area contributed by atoms with Crippen molar-refractivity contribution in [2.24, 2.45) is 5.73 Å². The third kappa shape index (κ3) is 2.11. The van der Waals surface area contributed by atoms with Gasteiger partial charge in [-0.3, -0.25) is 0 Å². The third-order valence-corrected chi connectivity index (χ3v) is 6.12. The molecule has 0 spiro atoms. The normalized spacial score (nSPS) is 18.6. The lowest BCUT2D eigenvalue weighted by Gasteiger charge is -2.12. The Bertz CT molecular complexity index is 617. The van der Waals surface area contributed by atoms with Crippen molar-refractivity contribution >= 4 is 11.3 Å². The van der Waals surface area contributed by atoms with Gasteiger partial charge in [-0.25, -0.2) is 0 Å². The van der Waals surface area contributed by atoms with E-state index in [0.717, 1.165) is 0 Å². The van der Waals surface area contributed by atoms with Gasteiger partial charge in [0.25, 0.3) is 0 Å². The minimum atomic E-state index is 0.0662. The molecular weight excluding hydrogens is 262 g/mol. The number of fused-ring (bicyclic) bond motifs is 2. The van der Waals surface area contributed by atoms with Crippen LogP contribution in [0.15, 0.2) is 24.3 Å². The van der Waals surface area contributed by atoms with Crippen LogP contribution in [0.2, 0.25) is 0 Å². The molecule has 0 radical (unpaired) electrons. The van der Waals surface area contributed by atoms with Crippen LogP contribution in [0, 0.1) is 0 Å². The summed E-state index contributed by atoms with van der Waals surface area (Å²) in [4.78, 5) is 2.94. The van der Waals surface area contributed by atoms with Crippen LogP contribution < -0.4 is 5.73 Å². The number of thiophene rings is 1. The van der Waals surface area contributed by atoms with E-state index < -0.39 is 0 Å². The van der Waals surface area contributed by atoms with Crippen LogP contribution in [0.3, 0.4) is 0 Å². The quantitative estimate of drug-likeness (QED) is 0.879. The van der Waals surface area contributed by atoms with E-state index in [1.54, 1.807) is 10.4 Å². The predicted molar refractivity (Wildman–Crippen MR) is 85.5 cm³/mol. The fourth-order valence-electron chi connectivity index (χ4n) is 3.62. The minimum Gasteiger partial charge on any atom is -0.320 e. The molecule has 20 heavy (non-hydrogen) atoms. The molecule has 2 aliphatic carbocycles. The van der Waals surface area contributed by atoms with Crippen molar-refractivity contribution in [3.63, 3.8) is 0 Å². The number of nitrogens with two attached hydrogens (primary N) is 1. The van der Waals surface area contributed by atoms with Gasteiger partial charge in [0.1, 0.15) is 0 Å². The maximum Gasteiger partial charge on any atom is 0.0646 e. The SMILES string of the molecule is NC(c1ccc2c(c1)CCC2)c1cc2c(s1)CCCC2. The van der Waals surface area contributed by atoms with Gasteiger partial charge in [0.2, 0.25) is 0 Å². The molecule has 1 atom stereocenters. The summed E-state index contributed by atoms with van der Waals surface area (Å²) in [5.41, 5.74) is 12.5. The highest BCUT2D eigenvalue weighted by atomic mass is 32.1. The molecule has 1 nitrogen and oxygen atoms in total. The van der Waals surface area contributed by atoms with Crippen molar-refractivity contribution in [3.05, 3.63) is 56.3 Å². The molecule has 0 aliphatic heterocycles. The molecule has 0 fully saturated rings. The second-order valence-corrected chi connectivity index (χ2v) is 7.33. The molecule has 1 aromatic heterocycles. The highest BCUT2D eigenvalue weighted by Gasteiger charge is 2.19. The Morgan fingerprint density at radius 3 is 2.55 bits per heavy atom. The van der Waals surface area contributed by atoms with Crippen molar-refractivity contribution in [2.75, 3.05) is 0 Å². The Hall–Kier alpha value is -1.12. The summed E-state index contributed by atoms with van der Waals surface area (Å²) in [7, 11) is 0. The van der Waals surface area contributed by atoms with Crippen LogP contribution in [-0.2, 0) is 25.7 Å². The van der Waals surface area contributed by atoms with E-state index in [9.17, 15) is 0 Å². The maximum absolute atomic E-state index is 6.53. The molecule has 2 aromatic rings. The molecule has 0 saturated heterocycles.